The van der Waals surface area contributed by atoms with Crippen molar-refractivity contribution in [1.82, 2.24) is 0 Å². The van der Waals surface area contributed by atoms with Crippen LogP contribution in [0.1, 0.15) is 0 Å². The van der Waals surface area contributed by atoms with Gasteiger partial charge in [0.15, 0.2) is 0 Å². The molecule has 0 aromatic rings. The Bertz CT molecular complexity index is 8.04. The maximum Gasteiger partial charge on any atom is 3.00 e. The molecule has 5 nitrogen and oxygen atoms in total. The van der Waals surface area contributed by atoms with Gasteiger partial charge < -0.3 is 27.4 Å². The molecule has 1 radical (unpaired) electrons. The molecule has 0 bridgehead atoms. The van der Waals surface area contributed by atoms with Crippen molar-refractivity contribution in [3.05, 3.63) is 0 Å². The van der Waals surface area contributed by atoms with Crippen LogP contribution in [-0.4, -0.2) is 44.7 Å². The minimum Gasteiger partial charge on any atom is -0.870 e. The molecule has 5 N–H and O–H groups in total. The first kappa shape index (κ1) is 521. The van der Waals surface area contributed by atoms with Gasteiger partial charge in [0.2, 0.25) is 0 Å². The zero-order chi connectivity index (χ0) is 0. The van der Waals surface area contributed by atoms with Crippen molar-refractivity contribution >= 4 is 17.4 Å². The molecule has 0 aromatic carbocycles. The third-order valence-electron chi connectivity index (χ3n) is 0. The molecule has 0 fully saturated rings. The summed E-state index contributed by atoms with van der Waals surface area (Å²) >= 11 is 0. The van der Waals surface area contributed by atoms with E-state index in [0.717, 1.165) is 0 Å². The van der Waals surface area contributed by atoms with Crippen LogP contribution in [0, 0.1) is 0 Å². The first-order valence-electron chi connectivity index (χ1n) is 0. The minimum atomic E-state index is 0. The smallest absolute Gasteiger partial charge is 0.870 e. The Morgan fingerprint density at radius 3 is 0.429 bits per heavy atom. The summed E-state index contributed by atoms with van der Waals surface area (Å²) in [5.74, 6) is 0. The van der Waals surface area contributed by atoms with Crippen LogP contribution in [0.5, 0.6) is 0 Å². The van der Waals surface area contributed by atoms with Gasteiger partial charge in [0.1, 0.15) is 0 Å². The van der Waals surface area contributed by atoms with Crippen molar-refractivity contribution in [2.24, 2.45) is 0 Å². The quantitative estimate of drug-likeness (QED) is 0.416. The fraction of sp³-hybridized carbons (Fsp3) is 0. The van der Waals surface area contributed by atoms with Crippen LogP contribution in [-0.2, 0) is 16.8 Å². The summed E-state index contributed by atoms with van der Waals surface area (Å²) in [7, 11) is 0. The summed E-state index contributed by atoms with van der Waals surface area (Å²) in [5, 5.41) is 0. The van der Waals surface area contributed by atoms with Crippen molar-refractivity contribution in [3.63, 3.8) is 0 Å². The minimum absolute atomic E-state index is 0. The molecule has 0 aliphatic heterocycles. The molecule has 0 aromatic heterocycles. The fourth-order valence-electron chi connectivity index (χ4n) is 0. The van der Waals surface area contributed by atoms with E-state index in [1.807, 2.05) is 0 Å². The van der Waals surface area contributed by atoms with E-state index in [1.54, 1.807) is 0 Å². The molecule has 47 valence electrons. The van der Waals surface area contributed by atoms with Crippen LogP contribution in [0.15, 0.2) is 0 Å². The molecule has 0 spiro atoms. The summed E-state index contributed by atoms with van der Waals surface area (Å²) in [6.45, 7) is 0. The first-order chi connectivity index (χ1) is 0. The van der Waals surface area contributed by atoms with Gasteiger partial charge in [0.05, 0.1) is 0 Å². The maximum absolute atomic E-state index is 0. The average molecular weight is 171 g/mol. The molecule has 0 atom stereocenters. The second-order valence-corrected chi connectivity index (χ2v) is 0. The van der Waals surface area contributed by atoms with Crippen molar-refractivity contribution in [1.29, 1.82) is 0 Å². The van der Waals surface area contributed by atoms with Crippen molar-refractivity contribution in [2.45, 2.75) is 0 Å². The van der Waals surface area contributed by atoms with Gasteiger partial charge in [-0.1, -0.05) is 0 Å². The van der Waals surface area contributed by atoms with Gasteiger partial charge >= 0.3 is 34.1 Å². The number of rotatable bonds is 0. The van der Waals surface area contributed by atoms with Gasteiger partial charge in [0.25, 0.3) is 0 Å². The van der Waals surface area contributed by atoms with Crippen LogP contribution in [0.4, 0.5) is 0 Å². The van der Waals surface area contributed by atoms with Gasteiger partial charge in [-0.25, -0.2) is 0 Å². The molecular weight excluding hydrogens is 166 g/mol. The van der Waals surface area contributed by atoms with E-state index < -0.39 is 0 Å². The topological polar surface area (TPSA) is 150 Å². The third kappa shape index (κ3) is 228. The van der Waals surface area contributed by atoms with E-state index in [-0.39, 0.29) is 61.5 Å². The Hall–Kier alpha value is 0.839. The molecule has 0 unspecified atom stereocenters. The Morgan fingerprint density at radius 2 is 0.429 bits per heavy atom. The van der Waals surface area contributed by atoms with Gasteiger partial charge in [0, 0.05) is 0 Å². The predicted octanol–water partition coefficient (Wildman–Crippen LogP) is -1.27. The summed E-state index contributed by atoms with van der Waals surface area (Å²) < 4.78 is 0. The molecule has 0 aliphatic rings. The zero-order valence-corrected chi connectivity index (χ0v) is 5.34. The van der Waals surface area contributed by atoms with Crippen LogP contribution < -0.4 is 0 Å². The second-order valence-electron chi connectivity index (χ2n) is 0. The predicted molar refractivity (Wildman–Crippen MR) is 15.4 cm³/mol. The fourth-order valence-corrected chi connectivity index (χ4v) is 0. The van der Waals surface area contributed by atoms with Gasteiger partial charge in [-0.3, -0.25) is 0 Å². The van der Waals surface area contributed by atoms with Crippen molar-refractivity contribution in [3.8, 4) is 0 Å². The van der Waals surface area contributed by atoms with Crippen LogP contribution in [0.25, 0.3) is 0 Å². The largest absolute Gasteiger partial charge is 3.00 e. The molecule has 0 rings (SSSR count). The molecule has 0 saturated heterocycles. The monoisotopic (exact) mass is 171 g/mol. The van der Waals surface area contributed by atoms with Crippen LogP contribution in [0.2, 0.25) is 0 Å². The normalized spacial score (nSPS) is 0. The standard InChI is InChI=1S/Al.Co.5H2O/h;;5*1H2/q+3;+2;;;;;/p-5. The SMILES string of the molecule is [Al+3].[Co+2].[OH-].[OH-].[OH-].[OH-].[OH-]. The molecule has 0 aliphatic carbocycles. The summed E-state index contributed by atoms with van der Waals surface area (Å²) in [4.78, 5) is 0. The summed E-state index contributed by atoms with van der Waals surface area (Å²) in [5.41, 5.74) is 0. The van der Waals surface area contributed by atoms with E-state index >= 15 is 0 Å². The summed E-state index contributed by atoms with van der Waals surface area (Å²) in [6.07, 6.45) is 0. The Kier molecular flexibility index (Phi) is 24700. The number of hydrogen-bond donors (Lipinski definition) is 0. The van der Waals surface area contributed by atoms with E-state index in [0.29, 0.717) is 0 Å². The van der Waals surface area contributed by atoms with Gasteiger partial charge in [-0.15, -0.1) is 0 Å². The maximum atomic E-state index is 0. The molecule has 0 saturated carbocycles. The van der Waals surface area contributed by atoms with Gasteiger partial charge in [-0.2, -0.15) is 0 Å². The van der Waals surface area contributed by atoms with E-state index in [1.165, 1.54) is 0 Å². The van der Waals surface area contributed by atoms with E-state index in [9.17, 15) is 0 Å². The first-order valence-corrected chi connectivity index (χ1v) is 0. The van der Waals surface area contributed by atoms with Crippen LogP contribution in [0.3, 0.4) is 0 Å². The zero-order valence-electron chi connectivity index (χ0n) is 3.15. The Labute approximate surface area is 62.0 Å². The third-order valence-corrected chi connectivity index (χ3v) is 0. The molecule has 7 heteroatoms. The van der Waals surface area contributed by atoms with E-state index in [2.05, 4.69) is 0 Å². The Morgan fingerprint density at radius 1 is 0.429 bits per heavy atom. The molecule has 7 heavy (non-hydrogen) atoms. The van der Waals surface area contributed by atoms with Crippen LogP contribution >= 0.6 is 0 Å². The van der Waals surface area contributed by atoms with E-state index in [4.69, 9.17) is 0 Å². The van der Waals surface area contributed by atoms with Crippen molar-refractivity contribution < 1.29 is 44.2 Å². The van der Waals surface area contributed by atoms with Gasteiger partial charge in [-0.05, 0) is 0 Å². The second kappa shape index (κ2) is 331. The van der Waals surface area contributed by atoms with Crippen molar-refractivity contribution in [2.75, 3.05) is 0 Å². The number of hydrogen-bond acceptors (Lipinski definition) is 5. The average Bonchev–Trinajstić information content (AvgIpc) is 0. The summed E-state index contributed by atoms with van der Waals surface area (Å²) in [6, 6.07) is 0. The Balaban J connectivity index is 0. The molecule has 0 amide bonds. The molecule has 0 heterocycles. The molecular formula is H5AlCoO5.